The van der Waals surface area contributed by atoms with Crippen LogP contribution in [0.25, 0.3) is 11.1 Å². The standard InChI is InChI=1S/C32H28ClNO4/c33-28-18-16-24(17-19-28)23-10-13-26(14-11-23)30(35)20-27(32(37)38)15-12-25-8-4-5-9-29(25)31(36)34-21-22-6-2-1-3-7-22/h1-11,13-14,16-19,27H,12,15,20-21H2,(H,34,36)(H,37,38). The van der Waals surface area contributed by atoms with E-state index in [-0.39, 0.29) is 24.5 Å². The van der Waals surface area contributed by atoms with Crippen LogP contribution in [0.4, 0.5) is 0 Å². The fourth-order valence-corrected chi connectivity index (χ4v) is 4.43. The monoisotopic (exact) mass is 525 g/mol. The summed E-state index contributed by atoms with van der Waals surface area (Å²) < 4.78 is 0. The number of carbonyl (C=O) groups excluding carboxylic acids is 2. The second-order valence-electron chi connectivity index (χ2n) is 9.11. The molecule has 1 amide bonds. The molecular weight excluding hydrogens is 498 g/mol. The van der Waals surface area contributed by atoms with Crippen molar-refractivity contribution in [1.82, 2.24) is 5.32 Å². The van der Waals surface area contributed by atoms with Gasteiger partial charge in [0.2, 0.25) is 0 Å². The van der Waals surface area contributed by atoms with Crippen LogP contribution in [0, 0.1) is 5.92 Å². The molecule has 0 aliphatic carbocycles. The highest BCUT2D eigenvalue weighted by molar-refractivity contribution is 6.30. The van der Waals surface area contributed by atoms with Crippen molar-refractivity contribution in [2.24, 2.45) is 5.92 Å². The van der Waals surface area contributed by atoms with Gasteiger partial charge in [0.15, 0.2) is 5.78 Å². The fraction of sp³-hybridized carbons (Fsp3) is 0.156. The van der Waals surface area contributed by atoms with E-state index in [1.54, 1.807) is 36.4 Å². The smallest absolute Gasteiger partial charge is 0.306 e. The highest BCUT2D eigenvalue weighted by Gasteiger charge is 2.23. The number of aryl methyl sites for hydroxylation is 1. The zero-order valence-corrected chi connectivity index (χ0v) is 21.5. The van der Waals surface area contributed by atoms with Gasteiger partial charge in [0.25, 0.3) is 5.91 Å². The zero-order valence-electron chi connectivity index (χ0n) is 20.8. The summed E-state index contributed by atoms with van der Waals surface area (Å²) in [4.78, 5) is 37.7. The number of hydrogen-bond donors (Lipinski definition) is 2. The number of amides is 1. The molecule has 0 spiro atoms. The second-order valence-corrected chi connectivity index (χ2v) is 9.55. The topological polar surface area (TPSA) is 83.5 Å². The molecule has 0 bridgehead atoms. The number of ketones is 1. The third kappa shape index (κ3) is 7.17. The van der Waals surface area contributed by atoms with Crippen molar-refractivity contribution >= 4 is 29.3 Å². The molecule has 4 rings (SSSR count). The summed E-state index contributed by atoms with van der Waals surface area (Å²) in [5.41, 5.74) is 4.64. The van der Waals surface area contributed by atoms with Crippen LogP contribution in [0.15, 0.2) is 103 Å². The zero-order chi connectivity index (χ0) is 26.9. The van der Waals surface area contributed by atoms with Gasteiger partial charge in [0, 0.05) is 29.1 Å². The van der Waals surface area contributed by atoms with E-state index in [9.17, 15) is 19.5 Å². The number of carboxylic acid groups (broad SMARTS) is 1. The van der Waals surface area contributed by atoms with E-state index in [0.29, 0.717) is 29.1 Å². The van der Waals surface area contributed by atoms with Gasteiger partial charge in [-0.05, 0) is 53.3 Å². The van der Waals surface area contributed by atoms with Crippen LogP contribution in [0.5, 0.6) is 0 Å². The van der Waals surface area contributed by atoms with Gasteiger partial charge in [-0.1, -0.05) is 96.5 Å². The molecular formula is C32H28ClNO4. The minimum absolute atomic E-state index is 0.113. The molecule has 0 heterocycles. The molecule has 192 valence electrons. The highest BCUT2D eigenvalue weighted by Crippen LogP contribution is 2.24. The Kier molecular flexibility index (Phi) is 9.07. The lowest BCUT2D eigenvalue weighted by atomic mass is 9.90. The number of benzene rings is 4. The lowest BCUT2D eigenvalue weighted by molar-refractivity contribution is -0.141. The maximum atomic E-state index is 12.9. The average molecular weight is 526 g/mol. The van der Waals surface area contributed by atoms with Gasteiger partial charge >= 0.3 is 5.97 Å². The summed E-state index contributed by atoms with van der Waals surface area (Å²) in [5, 5.41) is 13.4. The van der Waals surface area contributed by atoms with Gasteiger partial charge in [-0.3, -0.25) is 14.4 Å². The Morgan fingerprint density at radius 2 is 1.37 bits per heavy atom. The number of nitrogens with one attached hydrogen (secondary N) is 1. The van der Waals surface area contributed by atoms with Gasteiger partial charge in [-0.15, -0.1) is 0 Å². The Morgan fingerprint density at radius 1 is 0.763 bits per heavy atom. The van der Waals surface area contributed by atoms with Crippen LogP contribution >= 0.6 is 11.6 Å². The van der Waals surface area contributed by atoms with Crippen LogP contribution < -0.4 is 5.32 Å². The largest absolute Gasteiger partial charge is 0.481 e. The number of halogens is 1. The van der Waals surface area contributed by atoms with E-state index in [4.69, 9.17) is 11.6 Å². The third-order valence-corrected chi connectivity index (χ3v) is 6.74. The predicted octanol–water partition coefficient (Wildman–Crippen LogP) is 6.84. The average Bonchev–Trinajstić information content (AvgIpc) is 2.95. The first kappa shape index (κ1) is 26.8. The maximum Gasteiger partial charge on any atom is 0.306 e. The summed E-state index contributed by atoms with van der Waals surface area (Å²) in [5.74, 6) is -2.33. The van der Waals surface area contributed by atoms with Crippen LogP contribution in [-0.4, -0.2) is 22.8 Å². The van der Waals surface area contributed by atoms with Crippen molar-refractivity contribution in [2.75, 3.05) is 0 Å². The van der Waals surface area contributed by atoms with Gasteiger partial charge in [0.1, 0.15) is 0 Å². The Balaban J connectivity index is 1.38. The molecule has 1 unspecified atom stereocenters. The van der Waals surface area contributed by atoms with Crippen molar-refractivity contribution in [3.8, 4) is 11.1 Å². The molecule has 0 fully saturated rings. The normalized spacial score (nSPS) is 11.5. The second kappa shape index (κ2) is 12.8. The fourth-order valence-electron chi connectivity index (χ4n) is 4.31. The highest BCUT2D eigenvalue weighted by atomic mass is 35.5. The lowest BCUT2D eigenvalue weighted by Crippen LogP contribution is -2.24. The van der Waals surface area contributed by atoms with Crippen molar-refractivity contribution in [3.63, 3.8) is 0 Å². The van der Waals surface area contributed by atoms with Crippen LogP contribution in [-0.2, 0) is 17.8 Å². The predicted molar refractivity (Wildman–Crippen MR) is 149 cm³/mol. The molecule has 5 nitrogen and oxygen atoms in total. The Labute approximate surface area is 227 Å². The first-order valence-corrected chi connectivity index (χ1v) is 12.8. The molecule has 0 saturated heterocycles. The minimum atomic E-state index is -1.03. The minimum Gasteiger partial charge on any atom is -0.481 e. The first-order valence-electron chi connectivity index (χ1n) is 12.4. The molecule has 1 atom stereocenters. The molecule has 0 aliphatic rings. The number of aliphatic carboxylic acids is 1. The van der Waals surface area contributed by atoms with Gasteiger partial charge in [0.05, 0.1) is 5.92 Å². The molecule has 6 heteroatoms. The maximum absolute atomic E-state index is 12.9. The van der Waals surface area contributed by atoms with E-state index in [1.807, 2.05) is 66.7 Å². The van der Waals surface area contributed by atoms with Gasteiger partial charge < -0.3 is 10.4 Å². The SMILES string of the molecule is O=C(CC(CCc1ccccc1C(=O)NCc1ccccc1)C(=O)O)c1ccc(-c2ccc(Cl)cc2)cc1. The number of rotatable bonds is 11. The summed E-state index contributed by atoms with van der Waals surface area (Å²) >= 11 is 5.95. The molecule has 0 aliphatic heterocycles. The van der Waals surface area contributed by atoms with Gasteiger partial charge in [-0.25, -0.2) is 0 Å². The summed E-state index contributed by atoms with van der Waals surface area (Å²) in [6.45, 7) is 0.400. The van der Waals surface area contributed by atoms with E-state index < -0.39 is 11.9 Å². The molecule has 4 aromatic rings. The van der Waals surface area contributed by atoms with Gasteiger partial charge in [-0.2, -0.15) is 0 Å². The molecule has 0 saturated carbocycles. The number of carbonyl (C=O) groups is 3. The molecule has 4 aromatic carbocycles. The van der Waals surface area contributed by atoms with E-state index >= 15 is 0 Å². The summed E-state index contributed by atoms with van der Waals surface area (Å²) in [7, 11) is 0. The quantitative estimate of drug-likeness (QED) is 0.210. The molecule has 0 radical (unpaired) electrons. The number of Topliss-reactive ketones (excluding diaryl/α,β-unsaturated/α-hetero) is 1. The van der Waals surface area contributed by atoms with Crippen molar-refractivity contribution in [2.45, 2.75) is 25.8 Å². The molecule has 38 heavy (non-hydrogen) atoms. The van der Waals surface area contributed by atoms with E-state index in [2.05, 4.69) is 5.32 Å². The van der Waals surface area contributed by atoms with E-state index in [0.717, 1.165) is 22.3 Å². The van der Waals surface area contributed by atoms with Crippen LogP contribution in [0.1, 0.15) is 44.7 Å². The molecule has 2 N–H and O–H groups in total. The Bertz CT molecular complexity index is 1400. The molecule has 0 aromatic heterocycles. The van der Waals surface area contributed by atoms with E-state index in [1.165, 1.54) is 0 Å². The van der Waals surface area contributed by atoms with Crippen molar-refractivity contribution < 1.29 is 19.5 Å². The summed E-state index contributed by atoms with van der Waals surface area (Å²) in [6.07, 6.45) is 0.500. The number of hydrogen-bond acceptors (Lipinski definition) is 3. The Morgan fingerprint density at radius 3 is 2.03 bits per heavy atom. The lowest BCUT2D eigenvalue weighted by Gasteiger charge is -2.14. The third-order valence-electron chi connectivity index (χ3n) is 6.49. The number of carboxylic acids is 1. The van der Waals surface area contributed by atoms with Crippen LogP contribution in [0.3, 0.4) is 0 Å². The summed E-state index contributed by atoms with van der Waals surface area (Å²) in [6, 6.07) is 31.3. The van der Waals surface area contributed by atoms with Crippen LogP contribution in [0.2, 0.25) is 5.02 Å². The van der Waals surface area contributed by atoms with Crippen molar-refractivity contribution in [3.05, 3.63) is 130 Å². The Hall–Kier alpha value is -4.22. The first-order chi connectivity index (χ1) is 18.4. The van der Waals surface area contributed by atoms with Crippen molar-refractivity contribution in [1.29, 1.82) is 0 Å².